The van der Waals surface area contributed by atoms with Crippen LogP contribution in [0.2, 0.25) is 0 Å². The minimum Gasteiger partial charge on any atom is -0.269 e. The molecule has 0 fully saturated rings. The van der Waals surface area contributed by atoms with E-state index in [0.29, 0.717) is 0 Å². The van der Waals surface area contributed by atoms with Gasteiger partial charge in [0, 0.05) is 350 Å². The molecule has 0 saturated heterocycles. The Balaban J connectivity index is 0. The van der Waals surface area contributed by atoms with Crippen LogP contribution in [0.5, 0.6) is 0 Å². The molecule has 28 heavy (non-hydrogen) atoms. The second-order valence-electron chi connectivity index (χ2n) is 0. The maximum Gasteiger partial charge on any atom is 0 e. The molecule has 0 aliphatic rings. The maximum absolute atomic E-state index is 0. The fourth-order valence-corrected chi connectivity index (χ4v) is 0. The maximum atomic E-state index is 0. The summed E-state index contributed by atoms with van der Waals surface area (Å²) in [6, 6.07) is 0. The first kappa shape index (κ1) is 458. The normalized spacial score (nSPS) is 0. The predicted octanol–water partition coefficient (Wildman–Crippen LogP) is 8.89. The number of hydrogen-bond acceptors (Lipinski definition) is 0. The molecule has 0 aliphatic heterocycles. The van der Waals surface area contributed by atoms with E-state index < -0.39 is 0 Å². The van der Waals surface area contributed by atoms with Crippen molar-refractivity contribution in [2.24, 2.45) is 0 Å². The molecule has 0 aliphatic carbocycles. The zero-order valence-corrected chi connectivity index (χ0v) is 36.1. The fourth-order valence-electron chi connectivity index (χ4n) is 0. The molecule has 0 saturated carbocycles. The van der Waals surface area contributed by atoms with Crippen LogP contribution in [0.1, 0.15) is 94.8 Å². The Labute approximate surface area is 438 Å². The van der Waals surface area contributed by atoms with Crippen molar-refractivity contribution in [3.63, 3.8) is 0 Å². The van der Waals surface area contributed by atoms with Crippen molar-refractivity contribution in [2.45, 2.75) is 89.1 Å². The summed E-state index contributed by atoms with van der Waals surface area (Å²) in [5, 5.41) is 0. The Hall–Kier alpha value is 11.2. The van der Waals surface area contributed by atoms with Crippen LogP contribution in [0.25, 0.3) is 0 Å². The molecule has 0 heterocycles. The first-order valence-corrected chi connectivity index (χ1v) is 0. The molecule has 0 atom stereocenters. The van der Waals surface area contributed by atoms with Gasteiger partial charge < -0.3 is 0 Å². The average molecular weight is 1190 g/mol. The molecular weight excluding hydrogens is 1120 g/mol. The Kier molecular flexibility index (Phi) is 6920. The van der Waals surface area contributed by atoms with Crippen LogP contribution in [0.4, 0.5) is 9.41 Å². The van der Waals surface area contributed by atoms with Gasteiger partial charge in [0.25, 0.3) is 0 Å². The van der Waals surface area contributed by atoms with E-state index in [1.165, 1.54) is 0 Å². The van der Waals surface area contributed by atoms with Crippen molar-refractivity contribution < 1.29 is 360 Å². The third-order valence-electron chi connectivity index (χ3n) is 0. The Morgan fingerprint density at radius 3 is 0.179 bits per heavy atom. The largest absolute Gasteiger partial charge is 0.269 e. The first-order valence-electron chi connectivity index (χ1n) is 0. The van der Waals surface area contributed by atoms with Gasteiger partial charge in [-0.2, -0.15) is 0 Å². The van der Waals surface area contributed by atoms with Gasteiger partial charge >= 0.3 is 0 Å². The van der Waals surface area contributed by atoms with Crippen LogP contribution in [0.3, 0.4) is 0 Å². The monoisotopic (exact) mass is 1190 g/mol. The summed E-state index contributed by atoms with van der Waals surface area (Å²) in [6.45, 7) is 0. The van der Waals surface area contributed by atoms with Gasteiger partial charge in [0.2, 0.25) is 0 Å². The van der Waals surface area contributed by atoms with Crippen LogP contribution in [0, 0.1) is 0 Å². The van der Waals surface area contributed by atoms with Crippen molar-refractivity contribution in [1.29, 1.82) is 0 Å². The summed E-state index contributed by atoms with van der Waals surface area (Å²) in [6.07, 6.45) is 0. The minimum absolute atomic E-state index is 0. The molecule has 0 nitrogen and oxygen atoms in total. The van der Waals surface area contributed by atoms with Gasteiger partial charge in [0.1, 0.15) is 0 Å². The van der Waals surface area contributed by atoms with Crippen LogP contribution in [0.15, 0.2) is 0 Å². The third-order valence-corrected chi connectivity index (χ3v) is 0. The number of hydrogen-bond donors (Lipinski definition) is 0. The van der Waals surface area contributed by atoms with Gasteiger partial charge in [-0.25, -0.2) is 0 Å². The zero-order valence-electron chi connectivity index (χ0n) is 7.86. The minimum atomic E-state index is 0. The predicted molar refractivity (Wildman–Crippen MR) is 94.2 cm³/mol. The van der Waals surface area contributed by atoms with E-state index in [-0.39, 0.29) is 449 Å². The Bertz CT molecular complexity index is 67.5. The van der Waals surface area contributed by atoms with E-state index in [1.54, 1.807) is 0 Å². The summed E-state index contributed by atoms with van der Waals surface area (Å²) in [5.41, 5.74) is 0. The second-order valence-corrected chi connectivity index (χ2v) is 0. The SMILES string of the molecule is C.C.C.C.C.C.C.C.C.C.C.C.F.F.[2HH].[2HH].[2HH].[2HH].[V].[V].[V].[V].[V].[V].[V].[V].[Y].[Y].[Y].[Y].[Y].[Y]. The van der Waals surface area contributed by atoms with E-state index >= 15 is 0 Å². The van der Waals surface area contributed by atoms with Crippen LogP contribution < -0.4 is 0 Å². The second kappa shape index (κ2) is 423. The van der Waals surface area contributed by atoms with Gasteiger partial charge in [-0.05, 0) is 0 Å². The Morgan fingerprint density at radius 1 is 0.179 bits per heavy atom. The molecule has 0 aromatic rings. The van der Waals surface area contributed by atoms with Crippen molar-refractivity contribution in [3.05, 3.63) is 0 Å². The van der Waals surface area contributed by atoms with E-state index in [9.17, 15) is 0 Å². The topological polar surface area (TPSA) is 0 Å². The molecule has 0 rings (SSSR count). The molecule has 0 amide bonds. The molecule has 0 N–H and O–H groups in total. The fraction of sp³-hybridized carbons (Fsp3) is 1.00. The molecule has 0 aromatic heterocycles. The summed E-state index contributed by atoms with van der Waals surface area (Å²) < 4.78 is 0. The standard InChI is InChI=1S/12CH4.2FH.8V.6Y.4H2/h12*1H4;2*1H;;;;;;;;;;;;;;;4*1H/i;;;;;;;;;;;;;;;;;;;;;;;;;;;;4*1+1. The molecule has 0 spiro atoms. The Morgan fingerprint density at radius 2 is 0.179 bits per heavy atom. The van der Waals surface area contributed by atoms with E-state index in [4.69, 9.17) is 0 Å². The smallest absolute Gasteiger partial charge is 0 e. The number of halogens is 2. The third kappa shape index (κ3) is 390. The van der Waals surface area contributed by atoms with E-state index in [1.807, 2.05) is 0 Å². The molecule has 14 radical (unpaired) electrons. The summed E-state index contributed by atoms with van der Waals surface area (Å²) in [4.78, 5) is 0. The van der Waals surface area contributed by atoms with Crippen LogP contribution in [-0.4, -0.2) is 0 Å². The van der Waals surface area contributed by atoms with Gasteiger partial charge in [-0.15, -0.1) is 0 Å². The summed E-state index contributed by atoms with van der Waals surface area (Å²) in [7, 11) is 0. The molecule has 0 aromatic carbocycles. The van der Waals surface area contributed by atoms with Gasteiger partial charge in [-0.3, -0.25) is 9.41 Å². The first-order chi connectivity index (χ1) is 0. The molecule has 0 unspecified atom stereocenters. The molecular formula is C12H58F2V8Y6. The summed E-state index contributed by atoms with van der Waals surface area (Å²) in [5.74, 6) is 0. The van der Waals surface area contributed by atoms with Crippen LogP contribution in [-0.2, 0) is 345 Å². The van der Waals surface area contributed by atoms with Crippen molar-refractivity contribution in [1.82, 2.24) is 0 Å². The summed E-state index contributed by atoms with van der Waals surface area (Å²) >= 11 is 0. The van der Waals surface area contributed by atoms with Gasteiger partial charge in [0.15, 0.2) is 0 Å². The van der Waals surface area contributed by atoms with Crippen molar-refractivity contribution in [2.75, 3.05) is 0 Å². The average Bonchev–Trinajstić information content (AvgIpc) is 0. The molecule has 0 bridgehead atoms. The number of rotatable bonds is 0. The van der Waals surface area contributed by atoms with Gasteiger partial charge in [-0.1, -0.05) is 89.1 Å². The zero-order chi connectivity index (χ0) is 0. The molecule has 16 heteroatoms. The van der Waals surface area contributed by atoms with E-state index in [2.05, 4.69) is 0 Å². The van der Waals surface area contributed by atoms with Gasteiger partial charge in [0.05, 0.1) is 0 Å². The quantitative estimate of drug-likeness (QED) is 0.228. The van der Waals surface area contributed by atoms with Crippen molar-refractivity contribution >= 4 is 0 Å². The van der Waals surface area contributed by atoms with Crippen LogP contribution >= 0.6 is 0 Å². The van der Waals surface area contributed by atoms with Crippen molar-refractivity contribution in [3.8, 4) is 0 Å². The van der Waals surface area contributed by atoms with E-state index in [0.717, 1.165) is 0 Å². The molecule has 178 valence electrons.